The summed E-state index contributed by atoms with van der Waals surface area (Å²) in [5, 5.41) is 0. The van der Waals surface area contributed by atoms with E-state index < -0.39 is 35.4 Å². The fourth-order valence-electron chi connectivity index (χ4n) is 2.35. The first-order valence-corrected chi connectivity index (χ1v) is 9.85. The molecule has 7 heteroatoms. The highest BCUT2D eigenvalue weighted by Crippen LogP contribution is 2.21. The standard InChI is InChI=1S/C21H37NO6/c1-9-11-12-13-14-15-16(17(23)26-10-2)22(18(24)27-20(3,4)5)19(25)28-21(6,7)8/h9,16H,1,10-15H2,2-8H3. The average molecular weight is 400 g/mol. The highest BCUT2D eigenvalue weighted by Gasteiger charge is 2.40. The Bertz CT molecular complexity index is 502. The van der Waals surface area contributed by atoms with Gasteiger partial charge in [0.05, 0.1) is 6.61 Å². The van der Waals surface area contributed by atoms with E-state index in [1.807, 2.05) is 6.08 Å². The van der Waals surface area contributed by atoms with Gasteiger partial charge in [0.15, 0.2) is 0 Å². The monoisotopic (exact) mass is 399 g/mol. The number of allylic oxidation sites excluding steroid dienone is 1. The van der Waals surface area contributed by atoms with Crippen LogP contribution in [0.3, 0.4) is 0 Å². The number of carbonyl (C=O) groups excluding carboxylic acids is 3. The van der Waals surface area contributed by atoms with Crippen LogP contribution in [0.5, 0.6) is 0 Å². The van der Waals surface area contributed by atoms with Crippen molar-refractivity contribution in [2.24, 2.45) is 0 Å². The Kier molecular flexibility index (Phi) is 10.9. The summed E-state index contributed by atoms with van der Waals surface area (Å²) in [6, 6.07) is -1.10. The molecule has 28 heavy (non-hydrogen) atoms. The third-order valence-electron chi connectivity index (χ3n) is 3.44. The number of ether oxygens (including phenoxy) is 3. The smallest absolute Gasteiger partial charge is 0.420 e. The van der Waals surface area contributed by atoms with Crippen LogP contribution in [0.4, 0.5) is 9.59 Å². The fourth-order valence-corrected chi connectivity index (χ4v) is 2.35. The molecule has 162 valence electrons. The normalized spacial score (nSPS) is 12.7. The molecule has 0 fully saturated rings. The van der Waals surface area contributed by atoms with Crippen LogP contribution in [0.15, 0.2) is 12.7 Å². The summed E-state index contributed by atoms with van der Waals surface area (Å²) in [6.45, 7) is 15.6. The predicted octanol–water partition coefficient (Wildman–Crippen LogP) is 5.23. The number of unbranched alkanes of at least 4 members (excludes halogenated alkanes) is 3. The number of hydrogen-bond donors (Lipinski definition) is 0. The van der Waals surface area contributed by atoms with Crippen molar-refractivity contribution in [2.75, 3.05) is 6.61 Å². The van der Waals surface area contributed by atoms with Crippen LogP contribution in [0.2, 0.25) is 0 Å². The Labute approximate surface area is 169 Å². The number of amides is 2. The first-order chi connectivity index (χ1) is 12.8. The maximum absolute atomic E-state index is 12.8. The van der Waals surface area contributed by atoms with Gasteiger partial charge in [-0.2, -0.15) is 4.90 Å². The molecular weight excluding hydrogens is 362 g/mol. The van der Waals surface area contributed by atoms with Gasteiger partial charge in [-0.15, -0.1) is 6.58 Å². The summed E-state index contributed by atoms with van der Waals surface area (Å²) in [5.74, 6) is -0.650. The number of hydrogen-bond acceptors (Lipinski definition) is 6. The second kappa shape index (κ2) is 11.7. The summed E-state index contributed by atoms with van der Waals surface area (Å²) in [5.41, 5.74) is -1.67. The first kappa shape index (κ1) is 26.0. The van der Waals surface area contributed by atoms with Gasteiger partial charge in [0.1, 0.15) is 17.2 Å². The number of rotatable bonds is 9. The Morgan fingerprint density at radius 2 is 1.43 bits per heavy atom. The van der Waals surface area contributed by atoms with Crippen LogP contribution in [0.25, 0.3) is 0 Å². The molecule has 0 aliphatic rings. The Morgan fingerprint density at radius 1 is 0.929 bits per heavy atom. The predicted molar refractivity (Wildman–Crippen MR) is 108 cm³/mol. The van der Waals surface area contributed by atoms with Crippen LogP contribution >= 0.6 is 0 Å². The molecule has 0 bridgehead atoms. The summed E-state index contributed by atoms with van der Waals surface area (Å²) in [7, 11) is 0. The summed E-state index contributed by atoms with van der Waals surface area (Å²) < 4.78 is 15.8. The minimum atomic E-state index is -1.10. The van der Waals surface area contributed by atoms with Gasteiger partial charge in [0, 0.05) is 0 Å². The molecule has 1 unspecified atom stereocenters. The average Bonchev–Trinajstić information content (AvgIpc) is 2.50. The Hall–Kier alpha value is -2.05. The number of carbonyl (C=O) groups is 3. The van der Waals surface area contributed by atoms with Crippen LogP contribution in [-0.2, 0) is 19.0 Å². The number of esters is 1. The quantitative estimate of drug-likeness (QED) is 0.229. The zero-order valence-corrected chi connectivity index (χ0v) is 18.5. The SMILES string of the molecule is C=CCCCCCC(C(=O)OCC)N(C(=O)OC(C)(C)C)C(=O)OC(C)(C)C. The summed E-state index contributed by atoms with van der Waals surface area (Å²) in [6.07, 6.45) is 3.50. The van der Waals surface area contributed by atoms with Crippen molar-refractivity contribution in [3.05, 3.63) is 12.7 Å². The van der Waals surface area contributed by atoms with E-state index in [4.69, 9.17) is 14.2 Å². The molecule has 1 atom stereocenters. The van der Waals surface area contributed by atoms with Gasteiger partial charge in [-0.1, -0.05) is 18.9 Å². The topological polar surface area (TPSA) is 82.1 Å². The molecule has 0 saturated heterocycles. The minimum absolute atomic E-state index is 0.141. The van der Waals surface area contributed by atoms with Gasteiger partial charge in [-0.05, 0) is 67.7 Å². The first-order valence-electron chi connectivity index (χ1n) is 9.85. The molecule has 0 saturated carbocycles. The fraction of sp³-hybridized carbons (Fsp3) is 0.762. The van der Waals surface area contributed by atoms with E-state index in [9.17, 15) is 14.4 Å². The minimum Gasteiger partial charge on any atom is -0.464 e. The lowest BCUT2D eigenvalue weighted by Gasteiger charge is -2.32. The molecular formula is C21H37NO6. The van der Waals surface area contributed by atoms with Crippen LogP contribution in [-0.4, -0.2) is 46.9 Å². The van der Waals surface area contributed by atoms with Crippen LogP contribution < -0.4 is 0 Å². The van der Waals surface area contributed by atoms with Gasteiger partial charge < -0.3 is 14.2 Å². The van der Waals surface area contributed by atoms with Crippen molar-refractivity contribution in [1.29, 1.82) is 0 Å². The summed E-state index contributed by atoms with van der Waals surface area (Å²) >= 11 is 0. The van der Waals surface area contributed by atoms with Gasteiger partial charge in [-0.25, -0.2) is 14.4 Å². The zero-order valence-electron chi connectivity index (χ0n) is 18.5. The second-order valence-electron chi connectivity index (χ2n) is 8.53. The maximum atomic E-state index is 12.8. The third-order valence-corrected chi connectivity index (χ3v) is 3.44. The highest BCUT2D eigenvalue weighted by molar-refractivity contribution is 5.94. The van der Waals surface area contributed by atoms with Crippen LogP contribution in [0, 0.1) is 0 Å². The van der Waals surface area contributed by atoms with Crippen molar-refractivity contribution in [3.8, 4) is 0 Å². The third kappa shape index (κ3) is 10.9. The zero-order chi connectivity index (χ0) is 22.0. The van der Waals surface area contributed by atoms with E-state index in [0.717, 1.165) is 24.2 Å². The molecule has 0 spiro atoms. The van der Waals surface area contributed by atoms with Gasteiger partial charge in [-0.3, -0.25) is 0 Å². The second-order valence-corrected chi connectivity index (χ2v) is 8.53. The number of imide groups is 1. The molecule has 0 aromatic rings. The lowest BCUT2D eigenvalue weighted by atomic mass is 10.1. The lowest BCUT2D eigenvalue weighted by Crippen LogP contribution is -2.52. The lowest BCUT2D eigenvalue weighted by molar-refractivity contribution is -0.149. The van der Waals surface area contributed by atoms with E-state index in [1.165, 1.54) is 0 Å². The van der Waals surface area contributed by atoms with Crippen molar-refractivity contribution in [1.82, 2.24) is 4.90 Å². The Morgan fingerprint density at radius 3 is 1.82 bits per heavy atom. The maximum Gasteiger partial charge on any atom is 0.420 e. The van der Waals surface area contributed by atoms with E-state index in [2.05, 4.69) is 6.58 Å². The molecule has 0 aliphatic heterocycles. The largest absolute Gasteiger partial charge is 0.464 e. The van der Waals surface area contributed by atoms with Crippen molar-refractivity contribution in [3.63, 3.8) is 0 Å². The molecule has 0 aromatic carbocycles. The van der Waals surface area contributed by atoms with Crippen molar-refractivity contribution in [2.45, 2.75) is 97.8 Å². The van der Waals surface area contributed by atoms with Crippen molar-refractivity contribution < 1.29 is 28.6 Å². The molecule has 0 aromatic heterocycles. The Balaban J connectivity index is 5.63. The molecule has 0 N–H and O–H groups in total. The molecule has 0 heterocycles. The van der Waals surface area contributed by atoms with Gasteiger partial charge in [0.25, 0.3) is 0 Å². The van der Waals surface area contributed by atoms with E-state index >= 15 is 0 Å². The molecule has 7 nitrogen and oxygen atoms in total. The molecule has 2 amide bonds. The van der Waals surface area contributed by atoms with E-state index in [1.54, 1.807) is 48.5 Å². The van der Waals surface area contributed by atoms with Crippen molar-refractivity contribution >= 4 is 18.2 Å². The van der Waals surface area contributed by atoms with E-state index in [-0.39, 0.29) is 13.0 Å². The molecule has 0 radical (unpaired) electrons. The number of nitrogens with zero attached hydrogens (tertiary/aromatic N) is 1. The van der Waals surface area contributed by atoms with Gasteiger partial charge >= 0.3 is 18.2 Å². The van der Waals surface area contributed by atoms with E-state index in [0.29, 0.717) is 6.42 Å². The van der Waals surface area contributed by atoms with Gasteiger partial charge in [0.2, 0.25) is 0 Å². The molecule has 0 rings (SSSR count). The van der Waals surface area contributed by atoms with Crippen LogP contribution in [0.1, 0.15) is 80.6 Å². The highest BCUT2D eigenvalue weighted by atomic mass is 16.6. The summed E-state index contributed by atoms with van der Waals surface area (Å²) in [4.78, 5) is 38.8. The molecule has 0 aliphatic carbocycles.